The Morgan fingerprint density at radius 1 is 1.21 bits per heavy atom. The van der Waals surface area contributed by atoms with E-state index in [1.807, 2.05) is 0 Å². The number of hydrogen-bond acceptors (Lipinski definition) is 5. The molecule has 0 heterocycles. The predicted octanol–water partition coefficient (Wildman–Crippen LogP) is 0.316. The molecule has 0 amide bonds. The monoisotopic (exact) mass is 218 g/mol. The molecule has 0 saturated heterocycles. The van der Waals surface area contributed by atoms with Crippen LogP contribution < -0.4 is 0 Å². The molecule has 0 spiro atoms. The first-order valence-electron chi connectivity index (χ1n) is 3.89. The van der Waals surface area contributed by atoms with Crippen LogP contribution in [0.4, 0.5) is 0 Å². The molecule has 1 rings (SSSR count). The first kappa shape index (κ1) is 11.1. The van der Waals surface area contributed by atoms with E-state index in [2.05, 4.69) is 9.22 Å². The number of hydrogen-bond donors (Lipinski definition) is 1. The molecule has 0 radical (unpaired) electrons. The smallest absolute Gasteiger partial charge is 0.323 e. The van der Waals surface area contributed by atoms with Crippen LogP contribution in [0.5, 0.6) is 0 Å². The van der Waals surface area contributed by atoms with Crippen molar-refractivity contribution in [3.63, 3.8) is 0 Å². The van der Waals surface area contributed by atoms with E-state index in [1.165, 1.54) is 12.1 Å². The quantitative estimate of drug-likeness (QED) is 0.437. The van der Waals surface area contributed by atoms with Crippen molar-refractivity contribution in [1.29, 1.82) is 0 Å². The first-order chi connectivity index (χ1) is 6.67. The standard InChI is InChI=1S/C8H10O5S/c9-6-7-12-13-14(10,11)8-4-2-1-3-5-8/h1-5,9H,6-7H2. The third-order valence-electron chi connectivity index (χ3n) is 1.34. The molecule has 78 valence electrons. The molecule has 14 heavy (non-hydrogen) atoms. The molecule has 0 saturated carbocycles. The van der Waals surface area contributed by atoms with Crippen LogP contribution in [0.3, 0.4) is 0 Å². The van der Waals surface area contributed by atoms with Gasteiger partial charge in [0, 0.05) is 0 Å². The van der Waals surface area contributed by atoms with E-state index in [-0.39, 0.29) is 18.1 Å². The van der Waals surface area contributed by atoms with E-state index in [1.54, 1.807) is 18.2 Å². The van der Waals surface area contributed by atoms with Crippen LogP contribution in [0.1, 0.15) is 0 Å². The highest BCUT2D eigenvalue weighted by atomic mass is 32.2. The molecule has 1 aromatic rings. The molecule has 0 aliphatic rings. The maximum Gasteiger partial charge on any atom is 0.323 e. The Balaban J connectivity index is 2.67. The van der Waals surface area contributed by atoms with Crippen molar-refractivity contribution in [3.8, 4) is 0 Å². The van der Waals surface area contributed by atoms with Crippen LogP contribution in [-0.4, -0.2) is 26.7 Å². The van der Waals surface area contributed by atoms with Crippen molar-refractivity contribution in [3.05, 3.63) is 30.3 Å². The van der Waals surface area contributed by atoms with Gasteiger partial charge in [0.2, 0.25) is 0 Å². The second kappa shape index (κ2) is 5.06. The van der Waals surface area contributed by atoms with Crippen molar-refractivity contribution in [2.45, 2.75) is 4.90 Å². The van der Waals surface area contributed by atoms with E-state index in [0.29, 0.717) is 0 Å². The molecule has 1 aromatic carbocycles. The van der Waals surface area contributed by atoms with E-state index < -0.39 is 10.1 Å². The third-order valence-corrected chi connectivity index (χ3v) is 2.47. The van der Waals surface area contributed by atoms with Crippen LogP contribution in [0, 0.1) is 0 Å². The van der Waals surface area contributed by atoms with Gasteiger partial charge < -0.3 is 5.11 Å². The molecular weight excluding hydrogens is 208 g/mol. The third kappa shape index (κ3) is 3.08. The van der Waals surface area contributed by atoms with Crippen molar-refractivity contribution in [1.82, 2.24) is 0 Å². The van der Waals surface area contributed by atoms with Gasteiger partial charge in [0.25, 0.3) is 0 Å². The zero-order chi connectivity index (χ0) is 10.4. The van der Waals surface area contributed by atoms with Crippen LogP contribution in [0.15, 0.2) is 35.2 Å². The highest BCUT2D eigenvalue weighted by Crippen LogP contribution is 2.10. The lowest BCUT2D eigenvalue weighted by Gasteiger charge is -2.02. The van der Waals surface area contributed by atoms with Crippen molar-refractivity contribution in [2.75, 3.05) is 13.2 Å². The Kier molecular flexibility index (Phi) is 4.02. The molecule has 0 aliphatic carbocycles. The zero-order valence-electron chi connectivity index (χ0n) is 7.29. The van der Waals surface area contributed by atoms with Crippen LogP contribution in [-0.2, 0) is 19.3 Å². The molecular formula is C8H10O5S. The number of benzene rings is 1. The summed E-state index contributed by atoms with van der Waals surface area (Å²) >= 11 is 0. The van der Waals surface area contributed by atoms with E-state index >= 15 is 0 Å². The van der Waals surface area contributed by atoms with Gasteiger partial charge in [-0.1, -0.05) is 18.2 Å². The molecule has 0 aromatic heterocycles. The van der Waals surface area contributed by atoms with Crippen molar-refractivity contribution < 1.29 is 22.7 Å². The lowest BCUT2D eigenvalue weighted by molar-refractivity contribution is -0.207. The summed E-state index contributed by atoms with van der Waals surface area (Å²) in [5.74, 6) is 0. The molecule has 6 heteroatoms. The highest BCUT2D eigenvalue weighted by molar-refractivity contribution is 7.86. The van der Waals surface area contributed by atoms with Crippen LogP contribution in [0.2, 0.25) is 0 Å². The van der Waals surface area contributed by atoms with Crippen molar-refractivity contribution in [2.24, 2.45) is 0 Å². The second-order valence-corrected chi connectivity index (χ2v) is 3.90. The lowest BCUT2D eigenvalue weighted by Crippen LogP contribution is -2.09. The summed E-state index contributed by atoms with van der Waals surface area (Å²) in [4.78, 5) is 4.28. The molecule has 0 unspecified atom stereocenters. The van der Waals surface area contributed by atoms with Crippen molar-refractivity contribution >= 4 is 10.1 Å². The average Bonchev–Trinajstić information content (AvgIpc) is 2.19. The first-order valence-corrected chi connectivity index (χ1v) is 5.29. The summed E-state index contributed by atoms with van der Waals surface area (Å²) in [7, 11) is -3.87. The summed E-state index contributed by atoms with van der Waals surface area (Å²) in [6, 6.07) is 7.60. The van der Waals surface area contributed by atoms with Gasteiger partial charge in [0.05, 0.1) is 11.5 Å². The van der Waals surface area contributed by atoms with Crippen LogP contribution in [0.25, 0.3) is 0 Å². The molecule has 0 atom stereocenters. The zero-order valence-corrected chi connectivity index (χ0v) is 8.11. The SMILES string of the molecule is O=S(=O)(OOCCO)c1ccccc1. The summed E-state index contributed by atoms with van der Waals surface area (Å²) in [6.45, 7) is -0.490. The number of aliphatic hydroxyl groups is 1. The summed E-state index contributed by atoms with van der Waals surface area (Å²) < 4.78 is 26.7. The van der Waals surface area contributed by atoms with Crippen LogP contribution >= 0.6 is 0 Å². The fourth-order valence-electron chi connectivity index (χ4n) is 0.761. The van der Waals surface area contributed by atoms with E-state index in [4.69, 9.17) is 5.11 Å². The summed E-state index contributed by atoms with van der Waals surface area (Å²) in [5.41, 5.74) is 0. The predicted molar refractivity (Wildman–Crippen MR) is 47.8 cm³/mol. The molecule has 1 N–H and O–H groups in total. The normalized spacial score (nSPS) is 11.5. The lowest BCUT2D eigenvalue weighted by atomic mass is 10.4. The topological polar surface area (TPSA) is 72.8 Å². The maximum absolute atomic E-state index is 11.3. The van der Waals surface area contributed by atoms with Gasteiger partial charge in [-0.15, -0.1) is 4.33 Å². The van der Waals surface area contributed by atoms with Gasteiger partial charge in [-0.05, 0) is 12.1 Å². The average molecular weight is 218 g/mol. The Hall–Kier alpha value is -0.950. The highest BCUT2D eigenvalue weighted by Gasteiger charge is 2.15. The van der Waals surface area contributed by atoms with Gasteiger partial charge >= 0.3 is 10.1 Å². The van der Waals surface area contributed by atoms with E-state index in [9.17, 15) is 8.42 Å². The Morgan fingerprint density at radius 2 is 1.86 bits per heavy atom. The minimum atomic E-state index is -3.87. The number of rotatable bonds is 5. The van der Waals surface area contributed by atoms with Gasteiger partial charge in [-0.3, -0.25) is 0 Å². The minimum absolute atomic E-state index is 0.0120. The number of aliphatic hydroxyl groups excluding tert-OH is 1. The van der Waals surface area contributed by atoms with Gasteiger partial charge in [0.15, 0.2) is 0 Å². The summed E-state index contributed by atoms with van der Waals surface area (Å²) in [5, 5.41) is 8.33. The Morgan fingerprint density at radius 3 is 2.43 bits per heavy atom. The second-order valence-electron chi connectivity index (χ2n) is 2.38. The minimum Gasteiger partial charge on any atom is -0.394 e. The molecule has 0 fully saturated rings. The van der Waals surface area contributed by atoms with Gasteiger partial charge in [-0.2, -0.15) is 8.42 Å². The summed E-state index contributed by atoms with van der Waals surface area (Å²) in [6.07, 6.45) is 0. The Bertz CT molecular complexity index is 359. The van der Waals surface area contributed by atoms with Gasteiger partial charge in [-0.25, -0.2) is 4.89 Å². The van der Waals surface area contributed by atoms with Gasteiger partial charge in [0.1, 0.15) is 6.61 Å². The molecule has 0 aliphatic heterocycles. The fraction of sp³-hybridized carbons (Fsp3) is 0.250. The molecule has 5 nitrogen and oxygen atoms in total. The largest absolute Gasteiger partial charge is 0.394 e. The maximum atomic E-state index is 11.3. The van der Waals surface area contributed by atoms with E-state index in [0.717, 1.165) is 0 Å². The fourth-order valence-corrected chi connectivity index (χ4v) is 1.52. The molecule has 0 bridgehead atoms. The Labute approximate surface area is 81.9 Å².